The third kappa shape index (κ3) is 3.71. The molecule has 0 spiro atoms. The molecular formula is C28H33N3S. The fourth-order valence-corrected chi connectivity index (χ4v) is 8.33. The predicted octanol–water partition coefficient (Wildman–Crippen LogP) is 7.25. The van der Waals surface area contributed by atoms with Gasteiger partial charge in [0.25, 0.3) is 0 Å². The molecule has 4 fully saturated rings. The van der Waals surface area contributed by atoms with Crippen LogP contribution in [0.15, 0.2) is 53.7 Å². The summed E-state index contributed by atoms with van der Waals surface area (Å²) in [6, 6.07) is 17.2. The number of thioether (sulfide) groups is 1. The molecule has 7 rings (SSSR count). The lowest BCUT2D eigenvalue weighted by molar-refractivity contribution is -0.0538. The summed E-state index contributed by atoms with van der Waals surface area (Å²) in [6.45, 7) is 4.36. The number of hydrogen-bond acceptors (Lipinski definition) is 3. The molecule has 2 aromatic carbocycles. The van der Waals surface area contributed by atoms with Gasteiger partial charge in [-0.3, -0.25) is 4.57 Å². The van der Waals surface area contributed by atoms with Crippen LogP contribution in [0.4, 0.5) is 0 Å². The summed E-state index contributed by atoms with van der Waals surface area (Å²) >= 11 is 1.91. The van der Waals surface area contributed by atoms with E-state index in [9.17, 15) is 0 Å². The lowest BCUT2D eigenvalue weighted by Crippen LogP contribution is -2.46. The van der Waals surface area contributed by atoms with Gasteiger partial charge >= 0.3 is 0 Å². The van der Waals surface area contributed by atoms with Gasteiger partial charge in [-0.15, -0.1) is 10.2 Å². The van der Waals surface area contributed by atoms with E-state index in [0.717, 1.165) is 45.7 Å². The van der Waals surface area contributed by atoms with Crippen molar-refractivity contribution in [3.8, 4) is 17.1 Å². The molecule has 0 atom stereocenters. The first-order valence-electron chi connectivity index (χ1n) is 12.3. The van der Waals surface area contributed by atoms with Crippen LogP contribution in [-0.4, -0.2) is 20.5 Å². The molecule has 3 nitrogen and oxygen atoms in total. The molecule has 0 unspecified atom stereocenters. The highest BCUT2D eigenvalue weighted by Crippen LogP contribution is 2.61. The molecule has 1 heterocycles. The molecule has 4 heteroatoms. The van der Waals surface area contributed by atoms with Crippen molar-refractivity contribution in [1.82, 2.24) is 14.8 Å². The summed E-state index contributed by atoms with van der Waals surface area (Å²) in [6.07, 6.45) is 10.4. The molecule has 0 aliphatic heterocycles. The van der Waals surface area contributed by atoms with E-state index in [1.54, 1.807) is 0 Å². The van der Waals surface area contributed by atoms with Gasteiger partial charge in [0, 0.05) is 11.3 Å². The second kappa shape index (κ2) is 8.06. The lowest BCUT2D eigenvalue weighted by atomic mass is 9.49. The Hall–Kier alpha value is -2.07. The van der Waals surface area contributed by atoms with Gasteiger partial charge in [-0.1, -0.05) is 48.2 Å². The first-order valence-corrected chi connectivity index (χ1v) is 13.3. The Bertz CT molecular complexity index is 1080. The number of aryl methyl sites for hydroxylation is 2. The second-order valence-electron chi connectivity index (χ2n) is 10.8. The molecular weight excluding hydrogens is 410 g/mol. The summed E-state index contributed by atoms with van der Waals surface area (Å²) in [5.74, 6) is 5.15. The Morgan fingerprint density at radius 2 is 1.56 bits per heavy atom. The molecule has 0 N–H and O–H groups in total. The van der Waals surface area contributed by atoms with Crippen LogP contribution in [0.25, 0.3) is 17.1 Å². The Balaban J connectivity index is 1.27. The van der Waals surface area contributed by atoms with Crippen molar-refractivity contribution in [3.05, 3.63) is 59.7 Å². The van der Waals surface area contributed by atoms with E-state index in [-0.39, 0.29) is 0 Å². The van der Waals surface area contributed by atoms with Crippen molar-refractivity contribution < 1.29 is 0 Å². The normalized spacial score (nSPS) is 28.4. The van der Waals surface area contributed by atoms with Gasteiger partial charge < -0.3 is 0 Å². The topological polar surface area (TPSA) is 30.7 Å². The van der Waals surface area contributed by atoms with E-state index in [1.807, 2.05) is 11.8 Å². The van der Waals surface area contributed by atoms with Crippen LogP contribution < -0.4 is 0 Å². The summed E-state index contributed by atoms with van der Waals surface area (Å²) in [7, 11) is 0. The molecule has 1 aromatic heterocycles. The monoisotopic (exact) mass is 443 g/mol. The Labute approximate surface area is 196 Å². The van der Waals surface area contributed by atoms with E-state index in [4.69, 9.17) is 0 Å². The van der Waals surface area contributed by atoms with Crippen LogP contribution in [0.1, 0.15) is 56.1 Å². The minimum absolute atomic E-state index is 0.620. The highest BCUT2D eigenvalue weighted by Gasteiger charge is 2.50. The van der Waals surface area contributed by atoms with Crippen LogP contribution in [0.2, 0.25) is 0 Å². The van der Waals surface area contributed by atoms with E-state index >= 15 is 0 Å². The van der Waals surface area contributed by atoms with Gasteiger partial charge in [-0.05, 0) is 105 Å². The largest absolute Gasteiger partial charge is 0.270 e. The molecule has 0 radical (unpaired) electrons. The highest BCUT2D eigenvalue weighted by atomic mass is 32.2. The first-order chi connectivity index (χ1) is 15.6. The van der Waals surface area contributed by atoms with Gasteiger partial charge in [-0.25, -0.2) is 0 Å². The molecule has 166 valence electrons. The molecule has 4 saturated carbocycles. The van der Waals surface area contributed by atoms with Crippen molar-refractivity contribution in [2.45, 2.75) is 63.9 Å². The van der Waals surface area contributed by atoms with Crippen LogP contribution in [-0.2, 0) is 0 Å². The Morgan fingerprint density at radius 3 is 2.22 bits per heavy atom. The Morgan fingerprint density at radius 1 is 0.875 bits per heavy atom. The quantitative estimate of drug-likeness (QED) is 0.376. The van der Waals surface area contributed by atoms with Crippen molar-refractivity contribution in [2.24, 2.45) is 23.2 Å². The minimum Gasteiger partial charge on any atom is -0.270 e. The smallest absolute Gasteiger partial charge is 0.196 e. The molecule has 32 heavy (non-hydrogen) atoms. The molecule has 4 aliphatic carbocycles. The lowest BCUT2D eigenvalue weighted by Gasteiger charge is -2.57. The van der Waals surface area contributed by atoms with E-state index in [2.05, 4.69) is 77.1 Å². The maximum atomic E-state index is 4.68. The Kier molecular flexibility index (Phi) is 5.17. The number of aromatic nitrogens is 3. The average molecular weight is 444 g/mol. The number of nitrogens with zero attached hydrogens (tertiary/aromatic N) is 3. The zero-order valence-corrected chi connectivity index (χ0v) is 20.1. The maximum absolute atomic E-state index is 4.68. The van der Waals surface area contributed by atoms with Gasteiger partial charge in [0.1, 0.15) is 0 Å². The summed E-state index contributed by atoms with van der Waals surface area (Å²) in [5.41, 5.74) is 5.52. The maximum Gasteiger partial charge on any atom is 0.196 e. The first kappa shape index (κ1) is 20.5. The van der Waals surface area contributed by atoms with Gasteiger partial charge in [-0.2, -0.15) is 0 Å². The molecule has 4 aliphatic rings. The van der Waals surface area contributed by atoms with Gasteiger partial charge in [0.05, 0.1) is 5.69 Å². The van der Waals surface area contributed by atoms with E-state index in [1.165, 1.54) is 56.1 Å². The standard InChI is InChI=1S/C28H33N3S/c1-19-8-9-25(12-20(19)2)31-26(24-6-4-3-5-7-24)29-30-27(31)32-11-10-28-16-21-13-22(17-28)15-23(14-21)18-28/h3-9,12,21-23H,10-11,13-18H2,1-2H3. The van der Waals surface area contributed by atoms with Crippen LogP contribution in [0.5, 0.6) is 0 Å². The third-order valence-corrected chi connectivity index (χ3v) is 9.37. The molecule has 3 aromatic rings. The highest BCUT2D eigenvalue weighted by molar-refractivity contribution is 7.99. The molecule has 4 bridgehead atoms. The summed E-state index contributed by atoms with van der Waals surface area (Å²) < 4.78 is 2.27. The molecule has 0 saturated heterocycles. The minimum atomic E-state index is 0.620. The number of hydrogen-bond donors (Lipinski definition) is 0. The fourth-order valence-electron chi connectivity index (χ4n) is 7.19. The van der Waals surface area contributed by atoms with Gasteiger partial charge in [0.15, 0.2) is 11.0 Å². The van der Waals surface area contributed by atoms with Crippen LogP contribution in [0, 0.1) is 37.0 Å². The van der Waals surface area contributed by atoms with Gasteiger partial charge in [0.2, 0.25) is 0 Å². The zero-order valence-electron chi connectivity index (χ0n) is 19.3. The van der Waals surface area contributed by atoms with Crippen molar-refractivity contribution in [3.63, 3.8) is 0 Å². The average Bonchev–Trinajstić information content (AvgIpc) is 3.19. The van der Waals surface area contributed by atoms with Crippen molar-refractivity contribution in [1.29, 1.82) is 0 Å². The molecule has 0 amide bonds. The second-order valence-corrected chi connectivity index (χ2v) is 11.9. The SMILES string of the molecule is Cc1ccc(-n2c(SCCC34CC5CC(CC(C5)C3)C4)nnc2-c2ccccc2)cc1C. The third-order valence-electron chi connectivity index (χ3n) is 8.44. The van der Waals surface area contributed by atoms with E-state index < -0.39 is 0 Å². The fraction of sp³-hybridized carbons (Fsp3) is 0.500. The van der Waals surface area contributed by atoms with Crippen molar-refractivity contribution in [2.75, 3.05) is 5.75 Å². The van der Waals surface area contributed by atoms with Crippen LogP contribution in [0.3, 0.4) is 0 Å². The zero-order chi connectivity index (χ0) is 21.7. The van der Waals surface area contributed by atoms with Crippen LogP contribution >= 0.6 is 11.8 Å². The summed E-state index contributed by atoms with van der Waals surface area (Å²) in [4.78, 5) is 0. The van der Waals surface area contributed by atoms with Crippen molar-refractivity contribution >= 4 is 11.8 Å². The summed E-state index contributed by atoms with van der Waals surface area (Å²) in [5, 5.41) is 10.4. The number of benzene rings is 2. The number of rotatable bonds is 6. The predicted molar refractivity (Wildman–Crippen MR) is 132 cm³/mol. The van der Waals surface area contributed by atoms with E-state index in [0.29, 0.717) is 5.41 Å².